The van der Waals surface area contributed by atoms with Crippen molar-refractivity contribution in [2.75, 3.05) is 33.4 Å². The molecule has 0 unspecified atom stereocenters. The lowest BCUT2D eigenvalue weighted by molar-refractivity contribution is 0.0953. The van der Waals surface area contributed by atoms with Crippen LogP contribution in [-0.4, -0.2) is 39.3 Å². The van der Waals surface area contributed by atoms with Gasteiger partial charge in [0.2, 0.25) is 0 Å². The maximum atomic E-state index is 11.9. The number of ether oxygens (including phenoxy) is 1. The van der Waals surface area contributed by atoms with E-state index >= 15 is 0 Å². The Hall–Kier alpha value is -1.39. The van der Waals surface area contributed by atoms with Crippen LogP contribution in [0.2, 0.25) is 0 Å². The fourth-order valence-corrected chi connectivity index (χ4v) is 1.77. The van der Waals surface area contributed by atoms with Crippen LogP contribution in [0.15, 0.2) is 18.2 Å². The zero-order chi connectivity index (χ0) is 13.4. The van der Waals surface area contributed by atoms with Crippen LogP contribution in [0.4, 0.5) is 0 Å². The summed E-state index contributed by atoms with van der Waals surface area (Å²) in [5, 5.41) is 6.06. The van der Waals surface area contributed by atoms with E-state index in [2.05, 4.69) is 16.7 Å². The number of amides is 1. The first-order valence-corrected chi connectivity index (χ1v) is 6.19. The first-order chi connectivity index (χ1) is 8.63. The average Bonchev–Trinajstić information content (AvgIpc) is 2.32. The predicted molar refractivity (Wildman–Crippen MR) is 73.0 cm³/mol. The van der Waals surface area contributed by atoms with Crippen molar-refractivity contribution in [2.45, 2.75) is 13.8 Å². The number of nitrogens with one attached hydrogen (secondary N) is 2. The smallest absolute Gasteiger partial charge is 0.251 e. The molecule has 100 valence electrons. The van der Waals surface area contributed by atoms with Crippen molar-refractivity contribution in [1.29, 1.82) is 0 Å². The Morgan fingerprint density at radius 3 is 2.39 bits per heavy atom. The lowest BCUT2D eigenvalue weighted by Gasteiger charge is -2.08. The number of hydrogen-bond donors (Lipinski definition) is 2. The van der Waals surface area contributed by atoms with E-state index in [1.165, 1.54) is 0 Å². The Balaban J connectivity index is 2.32. The zero-order valence-electron chi connectivity index (χ0n) is 11.4. The summed E-state index contributed by atoms with van der Waals surface area (Å²) in [6, 6.07) is 5.87. The van der Waals surface area contributed by atoms with E-state index in [-0.39, 0.29) is 5.91 Å². The number of methoxy groups -OCH3 is 1. The minimum Gasteiger partial charge on any atom is -0.383 e. The highest BCUT2D eigenvalue weighted by Crippen LogP contribution is 2.08. The molecule has 18 heavy (non-hydrogen) atoms. The lowest BCUT2D eigenvalue weighted by Crippen LogP contribution is -2.33. The third-order valence-corrected chi connectivity index (χ3v) is 2.55. The second kappa shape index (κ2) is 7.84. The molecule has 0 bridgehead atoms. The van der Waals surface area contributed by atoms with E-state index in [9.17, 15) is 4.79 Å². The largest absolute Gasteiger partial charge is 0.383 e. The monoisotopic (exact) mass is 250 g/mol. The first-order valence-electron chi connectivity index (χ1n) is 6.19. The second-order valence-electron chi connectivity index (χ2n) is 4.38. The van der Waals surface area contributed by atoms with Crippen LogP contribution < -0.4 is 10.6 Å². The maximum absolute atomic E-state index is 11.9. The number of rotatable bonds is 7. The van der Waals surface area contributed by atoms with Gasteiger partial charge in [-0.05, 0) is 26.0 Å². The fourth-order valence-electron chi connectivity index (χ4n) is 1.77. The molecule has 0 radical (unpaired) electrons. The molecule has 0 aromatic heterocycles. The van der Waals surface area contributed by atoms with Crippen LogP contribution in [0.1, 0.15) is 21.5 Å². The number of benzene rings is 1. The summed E-state index contributed by atoms with van der Waals surface area (Å²) in [7, 11) is 1.67. The molecule has 0 spiro atoms. The molecule has 0 heterocycles. The van der Waals surface area contributed by atoms with Crippen molar-refractivity contribution >= 4 is 5.91 Å². The Kier molecular flexibility index (Phi) is 6.39. The number of carbonyl (C=O) groups is 1. The Morgan fingerprint density at radius 1 is 1.11 bits per heavy atom. The highest BCUT2D eigenvalue weighted by atomic mass is 16.5. The van der Waals surface area contributed by atoms with E-state index in [0.717, 1.165) is 29.8 Å². The minimum atomic E-state index is -0.0182. The molecule has 0 fully saturated rings. The molecule has 4 heteroatoms. The van der Waals surface area contributed by atoms with Gasteiger partial charge in [0.15, 0.2) is 0 Å². The molecule has 0 saturated heterocycles. The summed E-state index contributed by atoms with van der Waals surface area (Å²) in [6.07, 6.45) is 0. The van der Waals surface area contributed by atoms with E-state index in [4.69, 9.17) is 4.74 Å². The summed E-state index contributed by atoms with van der Waals surface area (Å²) >= 11 is 0. The summed E-state index contributed by atoms with van der Waals surface area (Å²) in [4.78, 5) is 11.9. The molecular weight excluding hydrogens is 228 g/mol. The highest BCUT2D eigenvalue weighted by Gasteiger charge is 2.05. The Morgan fingerprint density at radius 2 is 1.78 bits per heavy atom. The summed E-state index contributed by atoms with van der Waals surface area (Å²) in [5.41, 5.74) is 2.95. The summed E-state index contributed by atoms with van der Waals surface area (Å²) in [6.45, 7) is 6.85. The van der Waals surface area contributed by atoms with Crippen molar-refractivity contribution in [1.82, 2.24) is 10.6 Å². The number of hydrogen-bond acceptors (Lipinski definition) is 3. The molecule has 0 aliphatic carbocycles. The zero-order valence-corrected chi connectivity index (χ0v) is 11.4. The van der Waals surface area contributed by atoms with Gasteiger partial charge in [0.25, 0.3) is 5.91 Å². The summed E-state index contributed by atoms with van der Waals surface area (Å²) < 4.78 is 4.92. The van der Waals surface area contributed by atoms with Gasteiger partial charge in [-0.15, -0.1) is 0 Å². The van der Waals surface area contributed by atoms with Gasteiger partial charge in [-0.25, -0.2) is 0 Å². The highest BCUT2D eigenvalue weighted by molar-refractivity contribution is 5.94. The van der Waals surface area contributed by atoms with Crippen LogP contribution in [-0.2, 0) is 4.74 Å². The Bertz CT molecular complexity index is 371. The topological polar surface area (TPSA) is 50.4 Å². The van der Waals surface area contributed by atoms with E-state index in [0.29, 0.717) is 13.2 Å². The van der Waals surface area contributed by atoms with Gasteiger partial charge >= 0.3 is 0 Å². The molecule has 2 N–H and O–H groups in total. The molecule has 1 aromatic rings. The molecule has 0 saturated carbocycles. The van der Waals surface area contributed by atoms with Crippen LogP contribution in [0, 0.1) is 13.8 Å². The third kappa shape index (κ3) is 5.29. The van der Waals surface area contributed by atoms with Gasteiger partial charge in [0.1, 0.15) is 0 Å². The normalized spacial score (nSPS) is 10.4. The molecule has 0 aliphatic heterocycles. The van der Waals surface area contributed by atoms with Crippen LogP contribution >= 0.6 is 0 Å². The van der Waals surface area contributed by atoms with Gasteiger partial charge < -0.3 is 15.4 Å². The van der Waals surface area contributed by atoms with E-state index < -0.39 is 0 Å². The SMILES string of the molecule is COCCNCCNC(=O)c1cc(C)cc(C)c1. The lowest BCUT2D eigenvalue weighted by atomic mass is 10.1. The number of aryl methyl sites for hydroxylation is 2. The van der Waals surface area contributed by atoms with Crippen LogP contribution in [0.25, 0.3) is 0 Å². The fraction of sp³-hybridized carbons (Fsp3) is 0.500. The van der Waals surface area contributed by atoms with E-state index in [1.54, 1.807) is 7.11 Å². The molecule has 4 nitrogen and oxygen atoms in total. The predicted octanol–water partition coefficient (Wildman–Crippen LogP) is 1.27. The van der Waals surface area contributed by atoms with Gasteiger partial charge in [0, 0.05) is 32.3 Å². The number of carbonyl (C=O) groups excluding carboxylic acids is 1. The van der Waals surface area contributed by atoms with Crippen molar-refractivity contribution in [3.8, 4) is 0 Å². The standard InChI is InChI=1S/C14H22N2O2/c1-11-8-12(2)10-13(9-11)14(17)16-5-4-15-6-7-18-3/h8-10,15H,4-7H2,1-3H3,(H,16,17). The second-order valence-corrected chi connectivity index (χ2v) is 4.38. The molecule has 0 atom stereocenters. The van der Waals surface area contributed by atoms with Gasteiger partial charge in [0.05, 0.1) is 6.61 Å². The van der Waals surface area contributed by atoms with Gasteiger partial charge in [-0.2, -0.15) is 0 Å². The molecular formula is C14H22N2O2. The summed E-state index contributed by atoms with van der Waals surface area (Å²) in [5.74, 6) is -0.0182. The van der Waals surface area contributed by atoms with Gasteiger partial charge in [-0.3, -0.25) is 4.79 Å². The van der Waals surface area contributed by atoms with Crippen LogP contribution in [0.3, 0.4) is 0 Å². The first kappa shape index (κ1) is 14.7. The van der Waals surface area contributed by atoms with E-state index in [1.807, 2.05) is 26.0 Å². The molecule has 1 amide bonds. The quantitative estimate of drug-likeness (QED) is 0.717. The van der Waals surface area contributed by atoms with Crippen molar-refractivity contribution in [3.05, 3.63) is 34.9 Å². The van der Waals surface area contributed by atoms with Gasteiger partial charge in [-0.1, -0.05) is 17.2 Å². The average molecular weight is 250 g/mol. The minimum absolute atomic E-state index is 0.0182. The molecule has 1 aromatic carbocycles. The van der Waals surface area contributed by atoms with Crippen molar-refractivity contribution < 1.29 is 9.53 Å². The Labute approximate surface area is 109 Å². The third-order valence-electron chi connectivity index (χ3n) is 2.55. The van der Waals surface area contributed by atoms with Crippen molar-refractivity contribution in [3.63, 3.8) is 0 Å². The molecule has 1 rings (SSSR count). The maximum Gasteiger partial charge on any atom is 0.251 e. The van der Waals surface area contributed by atoms with Crippen molar-refractivity contribution in [2.24, 2.45) is 0 Å². The van der Waals surface area contributed by atoms with Crippen LogP contribution in [0.5, 0.6) is 0 Å². The molecule has 0 aliphatic rings.